The molecule has 0 fully saturated rings. The summed E-state index contributed by atoms with van der Waals surface area (Å²) in [6, 6.07) is 18.9. The number of nitrogens with zero attached hydrogens (tertiary/aromatic N) is 1. The van der Waals surface area contributed by atoms with Crippen molar-refractivity contribution in [2.75, 3.05) is 0 Å². The van der Waals surface area contributed by atoms with Gasteiger partial charge in [0.05, 0.1) is 0 Å². The van der Waals surface area contributed by atoms with Gasteiger partial charge in [-0.05, 0) is 29.8 Å². The van der Waals surface area contributed by atoms with E-state index >= 15 is 0 Å². The minimum atomic E-state index is 1.15. The molecule has 1 N–H and O–H groups in total. The molecule has 2 nitrogen and oxygen atoms in total. The van der Waals surface area contributed by atoms with Crippen LogP contribution in [-0.4, -0.2) is 9.97 Å². The summed E-state index contributed by atoms with van der Waals surface area (Å²) in [6.07, 6.45) is 3.70. The Kier molecular flexibility index (Phi) is 3.69. The minimum absolute atomic E-state index is 1.15. The fraction of sp³-hybridized carbons (Fsp3) is 0.105. The van der Waals surface area contributed by atoms with Crippen LogP contribution in [0.3, 0.4) is 0 Å². The molecular formula is C19H18N2. The molecule has 4 rings (SSSR count). The molecule has 0 amide bonds. The van der Waals surface area contributed by atoms with Gasteiger partial charge in [0.25, 0.3) is 0 Å². The highest BCUT2D eigenvalue weighted by Gasteiger charge is 2.05. The highest BCUT2D eigenvalue weighted by molar-refractivity contribution is 6.08. The third-order valence-corrected chi connectivity index (χ3v) is 3.50. The molecule has 2 heteroatoms. The van der Waals surface area contributed by atoms with Gasteiger partial charge in [0, 0.05) is 39.8 Å². The number of aromatic amines is 1. The maximum atomic E-state index is 4.18. The second-order valence-corrected chi connectivity index (χ2v) is 4.67. The number of aromatic nitrogens is 2. The Morgan fingerprint density at radius 2 is 1.57 bits per heavy atom. The summed E-state index contributed by atoms with van der Waals surface area (Å²) in [4.78, 5) is 7.62. The second kappa shape index (κ2) is 5.80. The zero-order valence-corrected chi connectivity index (χ0v) is 12.3. The first-order valence-electron chi connectivity index (χ1n) is 7.33. The van der Waals surface area contributed by atoms with Gasteiger partial charge >= 0.3 is 0 Å². The van der Waals surface area contributed by atoms with E-state index in [1.165, 1.54) is 27.4 Å². The predicted molar refractivity (Wildman–Crippen MR) is 90.4 cm³/mol. The molecule has 0 unspecified atom stereocenters. The van der Waals surface area contributed by atoms with Crippen LogP contribution in [0, 0.1) is 0 Å². The normalized spacial score (nSPS) is 10.4. The molecule has 0 aliphatic heterocycles. The average molecular weight is 274 g/mol. The molecule has 104 valence electrons. The summed E-state index contributed by atoms with van der Waals surface area (Å²) >= 11 is 0. The van der Waals surface area contributed by atoms with Gasteiger partial charge < -0.3 is 4.98 Å². The predicted octanol–water partition coefficient (Wildman–Crippen LogP) is 5.41. The number of para-hydroxylation sites is 1. The van der Waals surface area contributed by atoms with Crippen LogP contribution in [0.1, 0.15) is 13.8 Å². The Morgan fingerprint density at radius 3 is 2.38 bits per heavy atom. The number of fused-ring (bicyclic) bond motifs is 3. The first kappa shape index (κ1) is 13.4. The number of H-pyrrole nitrogens is 1. The van der Waals surface area contributed by atoms with Gasteiger partial charge in [0.15, 0.2) is 0 Å². The number of pyridine rings is 1. The van der Waals surface area contributed by atoms with Crippen LogP contribution in [0.15, 0.2) is 67.0 Å². The van der Waals surface area contributed by atoms with Crippen molar-refractivity contribution < 1.29 is 0 Å². The Morgan fingerprint density at radius 1 is 0.762 bits per heavy atom. The van der Waals surface area contributed by atoms with E-state index in [2.05, 4.69) is 58.5 Å². The lowest BCUT2D eigenvalue weighted by Gasteiger charge is -2.01. The molecule has 0 atom stereocenters. The molecule has 2 heterocycles. The zero-order valence-electron chi connectivity index (χ0n) is 12.3. The fourth-order valence-electron chi connectivity index (χ4n) is 2.56. The first-order valence-corrected chi connectivity index (χ1v) is 7.33. The van der Waals surface area contributed by atoms with Crippen molar-refractivity contribution in [1.29, 1.82) is 0 Å². The quantitative estimate of drug-likeness (QED) is 0.494. The van der Waals surface area contributed by atoms with Gasteiger partial charge in [-0.2, -0.15) is 0 Å². The van der Waals surface area contributed by atoms with Crippen LogP contribution < -0.4 is 0 Å². The van der Waals surface area contributed by atoms with Gasteiger partial charge in [0.2, 0.25) is 0 Å². The summed E-state index contributed by atoms with van der Waals surface area (Å²) in [5, 5.41) is 2.53. The molecule has 0 aliphatic carbocycles. The van der Waals surface area contributed by atoms with Crippen LogP contribution in [-0.2, 0) is 0 Å². The van der Waals surface area contributed by atoms with Crippen molar-refractivity contribution in [3.8, 4) is 11.1 Å². The summed E-state index contributed by atoms with van der Waals surface area (Å²) in [5.74, 6) is 0. The summed E-state index contributed by atoms with van der Waals surface area (Å²) in [6.45, 7) is 4.00. The van der Waals surface area contributed by atoms with E-state index in [0.717, 1.165) is 5.56 Å². The fourth-order valence-corrected chi connectivity index (χ4v) is 2.56. The SMILES string of the molecule is CC.c1cncc(-c2ccc3[nH]c4ccccc4c3c2)c1. The molecule has 4 aromatic rings. The van der Waals surface area contributed by atoms with E-state index in [1.54, 1.807) is 6.20 Å². The smallest absolute Gasteiger partial charge is 0.0465 e. The Balaban J connectivity index is 0.000000636. The van der Waals surface area contributed by atoms with Gasteiger partial charge in [-0.25, -0.2) is 0 Å². The highest BCUT2D eigenvalue weighted by atomic mass is 14.7. The zero-order chi connectivity index (χ0) is 14.7. The van der Waals surface area contributed by atoms with Gasteiger partial charge in [0.1, 0.15) is 0 Å². The lowest BCUT2D eigenvalue weighted by molar-refractivity contribution is 1.33. The number of benzene rings is 2. The number of hydrogen-bond donors (Lipinski definition) is 1. The van der Waals surface area contributed by atoms with E-state index in [-0.39, 0.29) is 0 Å². The van der Waals surface area contributed by atoms with Gasteiger partial charge in [-0.1, -0.05) is 44.2 Å². The monoisotopic (exact) mass is 274 g/mol. The van der Waals surface area contributed by atoms with E-state index < -0.39 is 0 Å². The highest BCUT2D eigenvalue weighted by Crippen LogP contribution is 2.29. The van der Waals surface area contributed by atoms with Crippen LogP contribution in [0.4, 0.5) is 0 Å². The molecule has 0 saturated heterocycles. The summed E-state index contributed by atoms with van der Waals surface area (Å²) in [7, 11) is 0. The van der Waals surface area contributed by atoms with E-state index in [9.17, 15) is 0 Å². The lowest BCUT2D eigenvalue weighted by Crippen LogP contribution is -1.78. The molecule has 0 radical (unpaired) electrons. The number of rotatable bonds is 1. The third kappa shape index (κ3) is 2.40. The van der Waals surface area contributed by atoms with E-state index in [4.69, 9.17) is 0 Å². The maximum absolute atomic E-state index is 4.18. The Bertz CT molecular complexity index is 860. The van der Waals surface area contributed by atoms with Crippen LogP contribution in [0.5, 0.6) is 0 Å². The van der Waals surface area contributed by atoms with Gasteiger partial charge in [-0.3, -0.25) is 4.98 Å². The minimum Gasteiger partial charge on any atom is -0.355 e. The van der Waals surface area contributed by atoms with Crippen molar-refractivity contribution >= 4 is 21.8 Å². The summed E-state index contributed by atoms with van der Waals surface area (Å²) in [5.41, 5.74) is 4.70. The van der Waals surface area contributed by atoms with Crippen molar-refractivity contribution in [2.45, 2.75) is 13.8 Å². The van der Waals surface area contributed by atoms with E-state index in [0.29, 0.717) is 0 Å². The molecule has 0 aliphatic rings. The molecular weight excluding hydrogens is 256 g/mol. The maximum Gasteiger partial charge on any atom is 0.0465 e. The van der Waals surface area contributed by atoms with Crippen LogP contribution in [0.25, 0.3) is 32.9 Å². The van der Waals surface area contributed by atoms with E-state index in [1.807, 2.05) is 26.1 Å². The molecule has 0 saturated carbocycles. The average Bonchev–Trinajstić information content (AvgIpc) is 2.95. The Hall–Kier alpha value is -2.61. The van der Waals surface area contributed by atoms with Crippen molar-refractivity contribution in [3.05, 3.63) is 67.0 Å². The van der Waals surface area contributed by atoms with Gasteiger partial charge in [-0.15, -0.1) is 0 Å². The Labute approximate surface area is 124 Å². The van der Waals surface area contributed by atoms with Crippen molar-refractivity contribution in [1.82, 2.24) is 9.97 Å². The first-order chi connectivity index (χ1) is 10.4. The molecule has 2 aromatic carbocycles. The summed E-state index contributed by atoms with van der Waals surface area (Å²) < 4.78 is 0. The van der Waals surface area contributed by atoms with Crippen LogP contribution in [0.2, 0.25) is 0 Å². The third-order valence-electron chi connectivity index (χ3n) is 3.50. The molecule has 2 aromatic heterocycles. The van der Waals surface area contributed by atoms with Crippen LogP contribution >= 0.6 is 0 Å². The molecule has 21 heavy (non-hydrogen) atoms. The number of hydrogen-bond acceptors (Lipinski definition) is 1. The second-order valence-electron chi connectivity index (χ2n) is 4.67. The molecule has 0 spiro atoms. The lowest BCUT2D eigenvalue weighted by atomic mass is 10.0. The largest absolute Gasteiger partial charge is 0.355 e. The van der Waals surface area contributed by atoms with Crippen molar-refractivity contribution in [3.63, 3.8) is 0 Å². The topological polar surface area (TPSA) is 28.7 Å². The van der Waals surface area contributed by atoms with Crippen molar-refractivity contribution in [2.24, 2.45) is 0 Å². The molecule has 0 bridgehead atoms. The number of nitrogens with one attached hydrogen (secondary N) is 1. The standard InChI is InChI=1S/C17H12N2.C2H6/c1-2-6-16-14(5-1)15-10-12(7-8-17(15)19-16)13-4-3-9-18-11-13;1-2/h1-11,19H;1-2H3.